The second-order valence-corrected chi connectivity index (χ2v) is 8.46. The summed E-state index contributed by atoms with van der Waals surface area (Å²) in [6.45, 7) is 9.02. The van der Waals surface area contributed by atoms with Crippen molar-refractivity contribution in [3.8, 4) is 0 Å². The molecule has 0 saturated heterocycles. The van der Waals surface area contributed by atoms with Crippen LogP contribution in [0.4, 0.5) is 0 Å². The lowest BCUT2D eigenvalue weighted by Gasteiger charge is -2.21. The van der Waals surface area contributed by atoms with Gasteiger partial charge in [-0.25, -0.2) is 8.42 Å². The molecule has 17 heavy (non-hydrogen) atoms. The van der Waals surface area contributed by atoms with E-state index in [1.165, 1.54) is 0 Å². The molecular weight excluding hydrogens is 234 g/mol. The lowest BCUT2D eigenvalue weighted by Crippen LogP contribution is -2.23. The zero-order valence-electron chi connectivity index (χ0n) is 11.8. The molecule has 0 aromatic rings. The van der Waals surface area contributed by atoms with Crippen molar-refractivity contribution in [2.45, 2.75) is 53.4 Å². The fraction of sp³-hybridized carbons (Fsp3) is 1.00. The van der Waals surface area contributed by atoms with Crippen molar-refractivity contribution in [3.05, 3.63) is 0 Å². The number of unbranched alkanes of at least 4 members (excludes halogenated alkanes) is 1. The van der Waals surface area contributed by atoms with Crippen molar-refractivity contribution in [2.75, 3.05) is 18.1 Å². The molecule has 0 spiro atoms. The minimum absolute atomic E-state index is 0.141. The predicted octanol–water partition coefficient (Wildman–Crippen LogP) is 2.60. The highest BCUT2D eigenvalue weighted by atomic mass is 32.2. The van der Waals surface area contributed by atoms with Gasteiger partial charge in [0.2, 0.25) is 0 Å². The lowest BCUT2D eigenvalue weighted by molar-refractivity contribution is 0.335. The van der Waals surface area contributed by atoms with Gasteiger partial charge in [0.15, 0.2) is 0 Å². The van der Waals surface area contributed by atoms with Crippen LogP contribution in [0.25, 0.3) is 0 Å². The van der Waals surface area contributed by atoms with E-state index in [2.05, 4.69) is 27.7 Å². The van der Waals surface area contributed by atoms with E-state index in [-0.39, 0.29) is 5.41 Å². The molecule has 0 fully saturated rings. The summed E-state index contributed by atoms with van der Waals surface area (Å²) in [7, 11) is -2.83. The largest absolute Gasteiger partial charge is 0.330 e. The molecule has 0 aliphatic heterocycles. The Kier molecular flexibility index (Phi) is 7.33. The van der Waals surface area contributed by atoms with Crippen LogP contribution in [0.2, 0.25) is 0 Å². The van der Waals surface area contributed by atoms with Gasteiger partial charge in [-0.3, -0.25) is 0 Å². The number of nitrogens with two attached hydrogens (primary N) is 1. The van der Waals surface area contributed by atoms with Crippen molar-refractivity contribution in [1.82, 2.24) is 0 Å². The molecule has 0 aliphatic carbocycles. The van der Waals surface area contributed by atoms with Crippen LogP contribution in [-0.2, 0) is 9.84 Å². The molecule has 0 saturated carbocycles. The van der Waals surface area contributed by atoms with Crippen LogP contribution in [0.1, 0.15) is 53.4 Å². The van der Waals surface area contributed by atoms with Gasteiger partial charge in [-0.05, 0) is 37.1 Å². The molecule has 0 amide bonds. The van der Waals surface area contributed by atoms with Gasteiger partial charge in [-0.15, -0.1) is 0 Å². The maximum absolute atomic E-state index is 11.7. The summed E-state index contributed by atoms with van der Waals surface area (Å²) in [6, 6.07) is 0. The number of hydrogen-bond acceptors (Lipinski definition) is 3. The molecule has 0 atom stereocenters. The molecule has 0 aromatic heterocycles. The molecule has 0 radical (unpaired) electrons. The molecule has 0 bridgehead atoms. The number of sulfone groups is 1. The van der Waals surface area contributed by atoms with Crippen LogP contribution >= 0.6 is 0 Å². The number of rotatable bonds is 9. The van der Waals surface area contributed by atoms with Gasteiger partial charge in [-0.1, -0.05) is 34.1 Å². The Morgan fingerprint density at radius 3 is 2.18 bits per heavy atom. The fourth-order valence-electron chi connectivity index (χ4n) is 1.54. The molecule has 0 unspecified atom stereocenters. The van der Waals surface area contributed by atoms with Gasteiger partial charge >= 0.3 is 0 Å². The number of hydrogen-bond donors (Lipinski definition) is 1. The molecule has 0 aromatic carbocycles. The quantitative estimate of drug-likeness (QED) is 0.650. The maximum Gasteiger partial charge on any atom is 0.150 e. The topological polar surface area (TPSA) is 60.2 Å². The first-order valence-electron chi connectivity index (χ1n) is 6.59. The van der Waals surface area contributed by atoms with Crippen molar-refractivity contribution in [3.63, 3.8) is 0 Å². The summed E-state index contributed by atoms with van der Waals surface area (Å²) in [5.74, 6) is 1.13. The van der Waals surface area contributed by atoms with Gasteiger partial charge in [-0.2, -0.15) is 0 Å². The highest BCUT2D eigenvalue weighted by molar-refractivity contribution is 7.91. The molecule has 0 heterocycles. The van der Waals surface area contributed by atoms with Gasteiger partial charge in [0, 0.05) is 0 Å². The highest BCUT2D eigenvalue weighted by Gasteiger charge is 2.16. The second kappa shape index (κ2) is 7.37. The SMILES string of the molecule is CC(C)CCS(=O)(=O)CCCCC(C)(C)CN. The average Bonchev–Trinajstić information content (AvgIpc) is 2.22. The lowest BCUT2D eigenvalue weighted by atomic mass is 9.88. The first-order chi connectivity index (χ1) is 7.68. The van der Waals surface area contributed by atoms with E-state index in [4.69, 9.17) is 5.73 Å². The Bertz CT molecular complexity index is 295. The van der Waals surface area contributed by atoms with Crippen molar-refractivity contribution >= 4 is 9.84 Å². The summed E-state index contributed by atoms with van der Waals surface area (Å²) >= 11 is 0. The van der Waals surface area contributed by atoms with E-state index < -0.39 is 9.84 Å². The van der Waals surface area contributed by atoms with Crippen LogP contribution in [-0.4, -0.2) is 26.5 Å². The maximum atomic E-state index is 11.7. The molecule has 0 aliphatic rings. The Hall–Kier alpha value is -0.0900. The van der Waals surface area contributed by atoms with E-state index >= 15 is 0 Å². The van der Waals surface area contributed by atoms with Crippen LogP contribution < -0.4 is 5.73 Å². The van der Waals surface area contributed by atoms with Gasteiger partial charge in [0.05, 0.1) is 11.5 Å². The summed E-state index contributed by atoms with van der Waals surface area (Å²) in [4.78, 5) is 0. The third kappa shape index (κ3) is 9.60. The molecule has 2 N–H and O–H groups in total. The summed E-state index contributed by atoms with van der Waals surface area (Å²) in [6.07, 6.45) is 3.49. The van der Waals surface area contributed by atoms with Gasteiger partial charge < -0.3 is 5.73 Å². The van der Waals surface area contributed by atoms with Crippen LogP contribution in [0, 0.1) is 11.3 Å². The minimum atomic E-state index is -2.83. The molecule has 4 heteroatoms. The average molecular weight is 263 g/mol. The molecular formula is C13H29NO2S. The Morgan fingerprint density at radius 2 is 1.71 bits per heavy atom. The second-order valence-electron chi connectivity index (χ2n) is 6.16. The van der Waals surface area contributed by atoms with Crippen molar-refractivity contribution in [2.24, 2.45) is 17.1 Å². The van der Waals surface area contributed by atoms with E-state index in [9.17, 15) is 8.42 Å². The Labute approximate surface area is 107 Å². The van der Waals surface area contributed by atoms with Gasteiger partial charge in [0.1, 0.15) is 9.84 Å². The minimum Gasteiger partial charge on any atom is -0.330 e. The molecule has 0 rings (SSSR count). The summed E-state index contributed by atoms with van der Waals surface area (Å²) < 4.78 is 23.4. The van der Waals surface area contributed by atoms with Crippen molar-refractivity contribution in [1.29, 1.82) is 0 Å². The standard InChI is InChI=1S/C13H29NO2S/c1-12(2)7-10-17(15,16)9-6-5-8-13(3,4)11-14/h12H,5-11,14H2,1-4H3. The highest BCUT2D eigenvalue weighted by Crippen LogP contribution is 2.21. The van der Waals surface area contributed by atoms with Crippen LogP contribution in [0.15, 0.2) is 0 Å². The Morgan fingerprint density at radius 1 is 1.12 bits per heavy atom. The van der Waals surface area contributed by atoms with Crippen LogP contribution in [0.3, 0.4) is 0 Å². The fourth-order valence-corrected chi connectivity index (χ4v) is 3.22. The van der Waals surface area contributed by atoms with E-state index in [0.29, 0.717) is 24.0 Å². The van der Waals surface area contributed by atoms with E-state index in [0.717, 1.165) is 25.7 Å². The Balaban J connectivity index is 3.81. The molecule has 3 nitrogen and oxygen atoms in total. The monoisotopic (exact) mass is 263 g/mol. The zero-order valence-corrected chi connectivity index (χ0v) is 12.6. The predicted molar refractivity (Wildman–Crippen MR) is 74.8 cm³/mol. The van der Waals surface area contributed by atoms with Gasteiger partial charge in [0.25, 0.3) is 0 Å². The van der Waals surface area contributed by atoms with E-state index in [1.807, 2.05) is 0 Å². The van der Waals surface area contributed by atoms with Crippen LogP contribution in [0.5, 0.6) is 0 Å². The third-order valence-corrected chi connectivity index (χ3v) is 4.89. The normalized spacial score (nSPS) is 13.3. The first kappa shape index (κ1) is 16.9. The first-order valence-corrected chi connectivity index (χ1v) is 8.41. The zero-order chi connectivity index (χ0) is 13.5. The summed E-state index contributed by atoms with van der Waals surface area (Å²) in [5, 5.41) is 0. The molecule has 104 valence electrons. The smallest absolute Gasteiger partial charge is 0.150 e. The van der Waals surface area contributed by atoms with Crippen molar-refractivity contribution < 1.29 is 8.42 Å². The summed E-state index contributed by atoms with van der Waals surface area (Å²) in [5.41, 5.74) is 5.78. The third-order valence-electron chi connectivity index (χ3n) is 3.12. The van der Waals surface area contributed by atoms with E-state index in [1.54, 1.807) is 0 Å².